The number of unbranched alkanes of at least 4 members (excludes halogenated alkanes) is 3. The van der Waals surface area contributed by atoms with Gasteiger partial charge in [0.15, 0.2) is 17.5 Å². The van der Waals surface area contributed by atoms with E-state index in [1.165, 1.54) is 12.8 Å². The molecular weight excluding hydrogens is 426 g/mol. The van der Waals surface area contributed by atoms with E-state index >= 15 is 0 Å². The Labute approximate surface area is 200 Å². The first-order valence-electron chi connectivity index (χ1n) is 11.6. The number of aromatic hydroxyl groups is 1. The van der Waals surface area contributed by atoms with Gasteiger partial charge in [-0.3, -0.25) is 0 Å². The van der Waals surface area contributed by atoms with Crippen molar-refractivity contribution in [3.05, 3.63) is 72.8 Å². The van der Waals surface area contributed by atoms with E-state index in [0.29, 0.717) is 35.4 Å². The molecule has 0 unspecified atom stereocenters. The van der Waals surface area contributed by atoms with Crippen molar-refractivity contribution in [2.75, 3.05) is 13.7 Å². The van der Waals surface area contributed by atoms with Gasteiger partial charge in [-0.05, 0) is 42.8 Å². The lowest BCUT2D eigenvalue weighted by Crippen LogP contribution is -2.01. The monoisotopic (exact) mass is 455 g/mol. The van der Waals surface area contributed by atoms with Crippen LogP contribution in [0.2, 0.25) is 0 Å². The van der Waals surface area contributed by atoms with Crippen LogP contribution in [0.5, 0.6) is 17.2 Å². The number of rotatable bonds is 10. The minimum Gasteiger partial charge on any atom is -0.507 e. The zero-order chi connectivity index (χ0) is 23.8. The van der Waals surface area contributed by atoms with Crippen LogP contribution in [0.3, 0.4) is 0 Å². The molecule has 4 aromatic rings. The highest BCUT2D eigenvalue weighted by Gasteiger charge is 2.15. The van der Waals surface area contributed by atoms with E-state index in [4.69, 9.17) is 14.5 Å². The molecule has 34 heavy (non-hydrogen) atoms. The number of phenolic OH excluding ortho intramolecular Hbond substituents is 1. The van der Waals surface area contributed by atoms with Gasteiger partial charge in [0, 0.05) is 17.2 Å². The van der Waals surface area contributed by atoms with Crippen LogP contribution in [0.25, 0.3) is 34.2 Å². The van der Waals surface area contributed by atoms with Crippen molar-refractivity contribution in [1.82, 2.24) is 15.0 Å². The van der Waals surface area contributed by atoms with Crippen molar-refractivity contribution in [3.63, 3.8) is 0 Å². The zero-order valence-corrected chi connectivity index (χ0v) is 19.6. The van der Waals surface area contributed by atoms with Crippen molar-refractivity contribution in [1.29, 1.82) is 0 Å². The van der Waals surface area contributed by atoms with Gasteiger partial charge in [-0.1, -0.05) is 56.5 Å². The quantitative estimate of drug-likeness (QED) is 0.273. The van der Waals surface area contributed by atoms with E-state index in [-0.39, 0.29) is 5.75 Å². The molecule has 0 saturated heterocycles. The summed E-state index contributed by atoms with van der Waals surface area (Å²) >= 11 is 0. The number of aromatic nitrogens is 3. The smallest absolute Gasteiger partial charge is 0.167 e. The third kappa shape index (κ3) is 5.70. The molecule has 0 spiro atoms. The normalized spacial score (nSPS) is 10.8. The van der Waals surface area contributed by atoms with Crippen molar-refractivity contribution in [2.45, 2.75) is 32.6 Å². The standard InChI is InChI=1S/C28H29N3O3/c1-3-4-5-9-18-34-23-16-17-24(25(32)19-23)28-30-26(20-10-7-6-8-11-20)29-27(31-28)21-12-14-22(33-2)15-13-21/h6-8,10-17,19,32H,3-5,9,18H2,1-2H3. The summed E-state index contributed by atoms with van der Waals surface area (Å²) in [6.07, 6.45) is 4.52. The van der Waals surface area contributed by atoms with Crippen LogP contribution >= 0.6 is 0 Å². The zero-order valence-electron chi connectivity index (χ0n) is 19.6. The van der Waals surface area contributed by atoms with Crippen LogP contribution in [0, 0.1) is 0 Å². The number of hydrogen-bond donors (Lipinski definition) is 1. The highest BCUT2D eigenvalue weighted by Crippen LogP contribution is 2.33. The number of hydrogen-bond acceptors (Lipinski definition) is 6. The van der Waals surface area contributed by atoms with Crippen LogP contribution in [-0.2, 0) is 0 Å². The van der Waals surface area contributed by atoms with Gasteiger partial charge in [-0.2, -0.15) is 0 Å². The summed E-state index contributed by atoms with van der Waals surface area (Å²) in [6, 6.07) is 22.5. The molecular formula is C28H29N3O3. The van der Waals surface area contributed by atoms with Gasteiger partial charge in [0.05, 0.1) is 19.3 Å². The molecule has 0 aliphatic heterocycles. The molecule has 3 aromatic carbocycles. The average Bonchev–Trinajstić information content (AvgIpc) is 2.89. The first-order valence-corrected chi connectivity index (χ1v) is 11.6. The molecule has 1 heterocycles. The molecule has 0 atom stereocenters. The number of phenols is 1. The fraction of sp³-hybridized carbons (Fsp3) is 0.250. The molecule has 0 aliphatic carbocycles. The topological polar surface area (TPSA) is 77.4 Å². The molecule has 0 saturated carbocycles. The summed E-state index contributed by atoms with van der Waals surface area (Å²) in [4.78, 5) is 14.0. The maximum Gasteiger partial charge on any atom is 0.167 e. The molecule has 4 rings (SSSR count). The van der Waals surface area contributed by atoms with Crippen LogP contribution in [0.4, 0.5) is 0 Å². The minimum absolute atomic E-state index is 0.0666. The van der Waals surface area contributed by atoms with Crippen molar-refractivity contribution >= 4 is 0 Å². The molecule has 0 amide bonds. The van der Waals surface area contributed by atoms with E-state index in [9.17, 15) is 5.11 Å². The maximum atomic E-state index is 10.8. The second kappa shape index (κ2) is 11.3. The molecule has 0 fully saturated rings. The van der Waals surface area contributed by atoms with E-state index in [1.807, 2.05) is 60.7 Å². The van der Waals surface area contributed by atoms with Gasteiger partial charge >= 0.3 is 0 Å². The Morgan fingerprint density at radius 1 is 0.706 bits per heavy atom. The lowest BCUT2D eigenvalue weighted by Gasteiger charge is -2.11. The number of nitrogens with zero attached hydrogens (tertiary/aromatic N) is 3. The first-order chi connectivity index (χ1) is 16.7. The van der Waals surface area contributed by atoms with E-state index in [2.05, 4.69) is 16.9 Å². The molecule has 1 N–H and O–H groups in total. The third-order valence-electron chi connectivity index (χ3n) is 5.49. The Bertz CT molecular complexity index is 1210. The van der Waals surface area contributed by atoms with Gasteiger partial charge in [-0.25, -0.2) is 15.0 Å². The Balaban J connectivity index is 1.67. The first kappa shape index (κ1) is 23.2. The van der Waals surface area contributed by atoms with Crippen molar-refractivity contribution in [2.24, 2.45) is 0 Å². The molecule has 6 heteroatoms. The fourth-order valence-corrected chi connectivity index (χ4v) is 3.59. The van der Waals surface area contributed by atoms with Gasteiger partial charge in [0.2, 0.25) is 0 Å². The minimum atomic E-state index is 0.0666. The Morgan fingerprint density at radius 2 is 1.35 bits per heavy atom. The number of methoxy groups -OCH3 is 1. The summed E-state index contributed by atoms with van der Waals surface area (Å²) in [5, 5.41) is 10.8. The SMILES string of the molecule is CCCCCCOc1ccc(-c2nc(-c3ccccc3)nc(-c3ccc(OC)cc3)n2)c(O)c1. The van der Waals surface area contributed by atoms with Crippen LogP contribution < -0.4 is 9.47 Å². The van der Waals surface area contributed by atoms with Gasteiger partial charge in [0.25, 0.3) is 0 Å². The summed E-state index contributed by atoms with van der Waals surface area (Å²) in [6.45, 7) is 2.81. The van der Waals surface area contributed by atoms with Gasteiger partial charge in [0.1, 0.15) is 17.2 Å². The fourth-order valence-electron chi connectivity index (χ4n) is 3.59. The average molecular weight is 456 g/mol. The second-order valence-corrected chi connectivity index (χ2v) is 7.99. The number of benzene rings is 3. The molecule has 0 aliphatic rings. The lowest BCUT2D eigenvalue weighted by molar-refractivity contribution is 0.303. The summed E-state index contributed by atoms with van der Waals surface area (Å²) in [5.74, 6) is 2.90. The molecule has 1 aromatic heterocycles. The summed E-state index contributed by atoms with van der Waals surface area (Å²) < 4.78 is 11.1. The molecule has 6 nitrogen and oxygen atoms in total. The molecule has 0 bridgehead atoms. The van der Waals surface area contributed by atoms with E-state index in [0.717, 1.165) is 29.7 Å². The van der Waals surface area contributed by atoms with Crippen LogP contribution in [0.15, 0.2) is 72.8 Å². The lowest BCUT2D eigenvalue weighted by atomic mass is 10.1. The van der Waals surface area contributed by atoms with Crippen LogP contribution in [-0.4, -0.2) is 33.8 Å². The van der Waals surface area contributed by atoms with Gasteiger partial charge in [-0.15, -0.1) is 0 Å². The third-order valence-corrected chi connectivity index (χ3v) is 5.49. The van der Waals surface area contributed by atoms with Crippen LogP contribution in [0.1, 0.15) is 32.6 Å². The van der Waals surface area contributed by atoms with Crippen molar-refractivity contribution < 1.29 is 14.6 Å². The number of ether oxygens (including phenoxy) is 2. The van der Waals surface area contributed by atoms with E-state index < -0.39 is 0 Å². The maximum absolute atomic E-state index is 10.8. The predicted molar refractivity (Wildman–Crippen MR) is 134 cm³/mol. The summed E-state index contributed by atoms with van der Waals surface area (Å²) in [7, 11) is 1.63. The van der Waals surface area contributed by atoms with Crippen molar-refractivity contribution in [3.8, 4) is 51.4 Å². The van der Waals surface area contributed by atoms with E-state index in [1.54, 1.807) is 19.2 Å². The Morgan fingerprint density at radius 3 is 2.00 bits per heavy atom. The molecule has 0 radical (unpaired) electrons. The predicted octanol–water partition coefficient (Wildman–Crippen LogP) is 6.55. The second-order valence-electron chi connectivity index (χ2n) is 7.99. The summed E-state index contributed by atoms with van der Waals surface area (Å²) in [5.41, 5.74) is 2.22. The highest BCUT2D eigenvalue weighted by atomic mass is 16.5. The highest BCUT2D eigenvalue weighted by molar-refractivity contribution is 5.70. The Kier molecular flexibility index (Phi) is 7.71. The molecule has 174 valence electrons. The Hall–Kier alpha value is -3.93. The largest absolute Gasteiger partial charge is 0.507 e. The van der Waals surface area contributed by atoms with Gasteiger partial charge < -0.3 is 14.6 Å².